The van der Waals surface area contributed by atoms with Crippen LogP contribution in [0.3, 0.4) is 0 Å². The third-order valence-corrected chi connectivity index (χ3v) is 14.9. The molecule has 0 spiro atoms. The molecule has 1 aromatic heterocycles. The number of nitrogens with one attached hydrogen (secondary N) is 1. The van der Waals surface area contributed by atoms with Gasteiger partial charge in [-0.15, -0.1) is 11.3 Å². The number of hydrogen-bond donors (Lipinski definition) is 1. The Morgan fingerprint density at radius 3 is 2.28 bits per heavy atom. The Labute approximate surface area is 267 Å². The van der Waals surface area contributed by atoms with Crippen LogP contribution in [0.15, 0.2) is 18.9 Å². The Morgan fingerprint density at radius 1 is 1.05 bits per heavy atom. The summed E-state index contributed by atoms with van der Waals surface area (Å²) in [6.45, 7) is 17.6. The van der Waals surface area contributed by atoms with E-state index in [0.29, 0.717) is 55.9 Å². The lowest BCUT2D eigenvalue weighted by molar-refractivity contribution is 0.101. The first-order chi connectivity index (χ1) is 20.5. The van der Waals surface area contributed by atoms with Gasteiger partial charge in [0.1, 0.15) is 8.42 Å². The smallest absolute Gasteiger partial charge is 0.291 e. The number of unbranched alkanes of at least 4 members (excludes halogenated alkanes) is 1. The van der Waals surface area contributed by atoms with E-state index in [2.05, 4.69) is 51.3 Å². The van der Waals surface area contributed by atoms with E-state index in [1.807, 2.05) is 6.92 Å². The maximum absolute atomic E-state index is 13.4. The highest BCUT2D eigenvalue weighted by molar-refractivity contribution is 7.94. The zero-order chi connectivity index (χ0) is 32.2. The van der Waals surface area contributed by atoms with E-state index in [1.54, 1.807) is 7.11 Å². The summed E-state index contributed by atoms with van der Waals surface area (Å²) < 4.78 is 63.8. The van der Waals surface area contributed by atoms with Crippen LogP contribution in [-0.2, 0) is 24.8 Å². The van der Waals surface area contributed by atoms with Crippen LogP contribution in [0.2, 0.25) is 0 Å². The van der Waals surface area contributed by atoms with Crippen molar-refractivity contribution in [2.45, 2.75) is 121 Å². The van der Waals surface area contributed by atoms with E-state index in [1.165, 1.54) is 42.3 Å². The van der Waals surface area contributed by atoms with Crippen molar-refractivity contribution in [3.63, 3.8) is 0 Å². The highest BCUT2D eigenvalue weighted by Crippen LogP contribution is 2.42. The number of methoxy groups -OCH3 is 1. The van der Waals surface area contributed by atoms with E-state index < -0.39 is 20.0 Å². The lowest BCUT2D eigenvalue weighted by Crippen LogP contribution is -2.43. The fraction of sp³-hybridized carbons (Fsp3) is 0.844. The summed E-state index contributed by atoms with van der Waals surface area (Å²) in [5, 5.41) is 3.32. The first-order valence-corrected chi connectivity index (χ1v) is 20.3. The topological polar surface area (TPSA) is 105 Å². The number of rotatable bonds is 21. The monoisotopic (exact) mass is 661 g/mol. The summed E-state index contributed by atoms with van der Waals surface area (Å²) in [6.07, 6.45) is 10.6. The van der Waals surface area contributed by atoms with E-state index >= 15 is 0 Å². The van der Waals surface area contributed by atoms with Crippen molar-refractivity contribution in [2.24, 2.45) is 34.0 Å². The second-order valence-corrected chi connectivity index (χ2v) is 17.1. The van der Waals surface area contributed by atoms with Gasteiger partial charge in [-0.25, -0.2) is 8.42 Å². The Bertz CT molecular complexity index is 1200. The summed E-state index contributed by atoms with van der Waals surface area (Å²) in [4.78, 5) is 0. The molecule has 1 aliphatic heterocycles. The van der Waals surface area contributed by atoms with Gasteiger partial charge in [0.25, 0.3) is 20.0 Å². The van der Waals surface area contributed by atoms with Crippen LogP contribution in [0.5, 0.6) is 0 Å². The average Bonchev–Trinajstić information content (AvgIpc) is 3.46. The van der Waals surface area contributed by atoms with Crippen LogP contribution < -0.4 is 5.32 Å². The molecule has 43 heavy (non-hydrogen) atoms. The maximum Gasteiger partial charge on any atom is 0.291 e. The van der Waals surface area contributed by atoms with E-state index in [-0.39, 0.29) is 21.0 Å². The Balaban J connectivity index is 2.15. The molecule has 250 valence electrons. The largest absolute Gasteiger partial charge is 0.385 e. The summed E-state index contributed by atoms with van der Waals surface area (Å²) in [5.41, 5.74) is 0.522. The minimum atomic E-state index is -4.00. The molecule has 11 heteroatoms. The molecule has 1 aromatic rings. The van der Waals surface area contributed by atoms with Crippen LogP contribution in [0.25, 0.3) is 0 Å². The Morgan fingerprint density at radius 2 is 1.72 bits per heavy atom. The third-order valence-electron chi connectivity index (χ3n) is 9.64. The predicted molar refractivity (Wildman–Crippen MR) is 180 cm³/mol. The first-order valence-electron chi connectivity index (χ1n) is 16.6. The number of fused-ring (bicyclic) bond motifs is 1. The van der Waals surface area contributed by atoms with E-state index in [4.69, 9.17) is 4.74 Å². The molecule has 0 saturated heterocycles. The quantitative estimate of drug-likeness (QED) is 0.108. The molecule has 0 saturated carbocycles. The van der Waals surface area contributed by atoms with Gasteiger partial charge in [0, 0.05) is 44.6 Å². The molecule has 1 N–H and O–H groups in total. The minimum absolute atomic E-state index is 0.0158. The van der Waals surface area contributed by atoms with Crippen molar-refractivity contribution in [1.29, 1.82) is 0 Å². The van der Waals surface area contributed by atoms with Crippen LogP contribution in [0, 0.1) is 29.6 Å². The van der Waals surface area contributed by atoms with Crippen molar-refractivity contribution in [1.82, 2.24) is 9.62 Å². The zero-order valence-corrected chi connectivity index (χ0v) is 30.4. The number of hydrogen-bond acceptors (Lipinski definition) is 7. The number of sulfonamides is 2. The van der Waals surface area contributed by atoms with Gasteiger partial charge in [-0.05, 0) is 67.9 Å². The van der Waals surface area contributed by atoms with Crippen molar-refractivity contribution in [2.75, 3.05) is 33.4 Å². The highest BCUT2D eigenvalue weighted by atomic mass is 32.3. The molecule has 5 unspecified atom stereocenters. The summed E-state index contributed by atoms with van der Waals surface area (Å²) in [6, 6.07) is 1.24. The molecule has 0 radical (unpaired) electrons. The first kappa shape index (κ1) is 38.3. The summed E-state index contributed by atoms with van der Waals surface area (Å²) in [5.74, 6) is 3.47. The Hall–Kier alpha value is -0.850. The molecule has 2 rings (SSSR count). The van der Waals surface area contributed by atoms with Gasteiger partial charge >= 0.3 is 0 Å². The lowest BCUT2D eigenvalue weighted by atomic mass is 9.66. The lowest BCUT2D eigenvalue weighted by Gasteiger charge is -2.39. The second-order valence-electron chi connectivity index (χ2n) is 12.1. The van der Waals surface area contributed by atoms with Crippen LogP contribution in [0.4, 0.5) is 0 Å². The number of thiophene rings is 1. The standard InChI is InChI=1S/C32H59N3O5S3/c1-9-24(7)26(11-3)28(13-5)27(12-4)25(10-2)18-15-16-19-34-42(36,37)31-22-29-30(33-14-6)23-35(20-17-21-40-8)43(38,39)32(29)41-31/h19,22,24-28,30,33H,9-18,20-21,23H2,1-8H3/b34-19-/t24?,25?,26?,27?,28?,30-/m0/s1. The highest BCUT2D eigenvalue weighted by Gasteiger charge is 2.40. The normalized spacial score (nSPS) is 21.0. The van der Waals surface area contributed by atoms with E-state index in [9.17, 15) is 16.8 Å². The van der Waals surface area contributed by atoms with Crippen LogP contribution in [-0.4, -0.2) is 60.7 Å². The number of ether oxygens (including phenoxy) is 1. The second kappa shape index (κ2) is 18.3. The molecule has 1 aliphatic rings. The minimum Gasteiger partial charge on any atom is -0.385 e. The number of nitrogens with zero attached hydrogens (tertiary/aromatic N) is 2. The Kier molecular flexibility index (Phi) is 16.3. The van der Waals surface area contributed by atoms with Gasteiger partial charge < -0.3 is 10.1 Å². The maximum atomic E-state index is 13.4. The zero-order valence-electron chi connectivity index (χ0n) is 28.0. The van der Waals surface area contributed by atoms with Gasteiger partial charge in [-0.3, -0.25) is 0 Å². The van der Waals surface area contributed by atoms with Gasteiger partial charge in [-0.1, -0.05) is 80.6 Å². The van der Waals surface area contributed by atoms with Crippen molar-refractivity contribution >= 4 is 37.6 Å². The SMILES string of the molecule is CCN[C@H]1CN(CCCOC)S(=O)(=O)c2sc(S(=O)(=O)/N=C\CCCC(CC)C(CC)C(CC)C(CC)C(C)CC)cc21. The molecule has 2 heterocycles. The molecular formula is C32H59N3O5S3. The predicted octanol–water partition coefficient (Wildman–Crippen LogP) is 7.52. The molecular weight excluding hydrogens is 603 g/mol. The van der Waals surface area contributed by atoms with Gasteiger partial charge in [0.15, 0.2) is 0 Å². The fourth-order valence-corrected chi connectivity index (χ4v) is 12.0. The molecule has 0 aromatic carbocycles. The van der Waals surface area contributed by atoms with Gasteiger partial charge in [0.2, 0.25) is 0 Å². The van der Waals surface area contributed by atoms with E-state index in [0.717, 1.165) is 42.4 Å². The number of likely N-dealkylation sites (N-methyl/N-ethyl adjacent to an activating group) is 1. The molecule has 0 aliphatic carbocycles. The molecule has 0 amide bonds. The third kappa shape index (κ3) is 9.82. The van der Waals surface area contributed by atoms with Crippen molar-refractivity contribution in [3.8, 4) is 0 Å². The average molecular weight is 662 g/mol. The van der Waals surface area contributed by atoms with Crippen molar-refractivity contribution < 1.29 is 21.6 Å². The fourth-order valence-electron chi connectivity index (χ4n) is 7.21. The van der Waals surface area contributed by atoms with Crippen molar-refractivity contribution in [3.05, 3.63) is 11.6 Å². The summed E-state index contributed by atoms with van der Waals surface area (Å²) >= 11 is 0.813. The molecule has 8 nitrogen and oxygen atoms in total. The molecule has 6 atom stereocenters. The van der Waals surface area contributed by atoms with Gasteiger partial charge in [-0.2, -0.15) is 17.1 Å². The van der Waals surface area contributed by atoms with Gasteiger partial charge in [0.05, 0.1) is 0 Å². The molecule has 0 fully saturated rings. The molecule has 0 bridgehead atoms. The van der Waals surface area contributed by atoms with Crippen LogP contribution in [0.1, 0.15) is 118 Å². The summed E-state index contributed by atoms with van der Waals surface area (Å²) in [7, 11) is -6.20. The van der Waals surface area contributed by atoms with Crippen LogP contribution >= 0.6 is 11.3 Å².